The molecule has 1 atom stereocenters. The zero-order valence-electron chi connectivity index (χ0n) is 14.6. The van der Waals surface area contributed by atoms with Crippen molar-refractivity contribution < 1.29 is 9.59 Å². The second kappa shape index (κ2) is 8.48. The van der Waals surface area contributed by atoms with E-state index in [4.69, 9.17) is 5.73 Å². The highest BCUT2D eigenvalue weighted by Gasteiger charge is 2.26. The van der Waals surface area contributed by atoms with Crippen molar-refractivity contribution in [2.45, 2.75) is 58.7 Å². The maximum atomic E-state index is 12.2. The van der Waals surface area contributed by atoms with Gasteiger partial charge in [-0.15, -0.1) is 0 Å². The molecule has 1 aliphatic rings. The summed E-state index contributed by atoms with van der Waals surface area (Å²) in [6.45, 7) is 10.2. The van der Waals surface area contributed by atoms with Gasteiger partial charge in [-0.25, -0.2) is 0 Å². The van der Waals surface area contributed by atoms with Gasteiger partial charge in [-0.2, -0.15) is 0 Å². The molecule has 0 unspecified atom stereocenters. The molecule has 0 radical (unpaired) electrons. The standard InChI is InChI=1S/C16H32N4O2/c1-11(2)15(17)16(22)18-10-14(21)19(5)13-6-8-20(9-7-13)12(3)4/h11-13,15H,6-10,17H2,1-5H3,(H,18,22)/t15-/m0/s1. The van der Waals surface area contributed by atoms with Gasteiger partial charge >= 0.3 is 0 Å². The van der Waals surface area contributed by atoms with Crippen LogP contribution in [0.5, 0.6) is 0 Å². The normalized spacial score (nSPS) is 18.5. The van der Waals surface area contributed by atoms with Crippen LogP contribution in [0.15, 0.2) is 0 Å². The van der Waals surface area contributed by atoms with E-state index in [1.54, 1.807) is 4.90 Å². The highest BCUT2D eigenvalue weighted by Crippen LogP contribution is 2.17. The molecule has 0 aromatic heterocycles. The summed E-state index contributed by atoms with van der Waals surface area (Å²) in [6.07, 6.45) is 1.97. The molecule has 6 nitrogen and oxygen atoms in total. The molecule has 0 spiro atoms. The van der Waals surface area contributed by atoms with Crippen LogP contribution in [0.3, 0.4) is 0 Å². The summed E-state index contributed by atoms with van der Waals surface area (Å²) in [5, 5.41) is 2.64. The quantitative estimate of drug-likeness (QED) is 0.745. The van der Waals surface area contributed by atoms with Crippen molar-refractivity contribution in [2.24, 2.45) is 11.7 Å². The summed E-state index contributed by atoms with van der Waals surface area (Å²) in [6, 6.07) is 0.254. The van der Waals surface area contributed by atoms with Crippen molar-refractivity contribution in [3.8, 4) is 0 Å². The highest BCUT2D eigenvalue weighted by molar-refractivity contribution is 5.87. The van der Waals surface area contributed by atoms with E-state index >= 15 is 0 Å². The van der Waals surface area contributed by atoms with Crippen molar-refractivity contribution in [1.82, 2.24) is 15.1 Å². The smallest absolute Gasteiger partial charge is 0.241 e. The molecule has 6 heteroatoms. The van der Waals surface area contributed by atoms with E-state index < -0.39 is 6.04 Å². The molecule has 2 amide bonds. The van der Waals surface area contributed by atoms with Crippen LogP contribution < -0.4 is 11.1 Å². The van der Waals surface area contributed by atoms with E-state index in [2.05, 4.69) is 24.1 Å². The molecule has 1 rings (SSSR count). The summed E-state index contributed by atoms with van der Waals surface area (Å²) in [4.78, 5) is 28.2. The second-order valence-electron chi connectivity index (χ2n) is 6.85. The summed E-state index contributed by atoms with van der Waals surface area (Å²) >= 11 is 0. The van der Waals surface area contributed by atoms with Crippen LogP contribution in [0.4, 0.5) is 0 Å². The molecule has 128 valence electrons. The minimum atomic E-state index is -0.563. The number of likely N-dealkylation sites (N-methyl/N-ethyl adjacent to an activating group) is 1. The van der Waals surface area contributed by atoms with E-state index in [9.17, 15) is 9.59 Å². The zero-order valence-corrected chi connectivity index (χ0v) is 14.6. The average Bonchev–Trinajstić information content (AvgIpc) is 2.50. The number of hydrogen-bond donors (Lipinski definition) is 2. The first-order valence-electron chi connectivity index (χ1n) is 8.27. The molecule has 0 bridgehead atoms. The number of amides is 2. The van der Waals surface area contributed by atoms with Crippen LogP contribution in [-0.2, 0) is 9.59 Å². The van der Waals surface area contributed by atoms with Gasteiger partial charge in [0.1, 0.15) is 0 Å². The Balaban J connectivity index is 2.38. The first-order valence-corrected chi connectivity index (χ1v) is 8.27. The first kappa shape index (κ1) is 18.9. The Hall–Kier alpha value is -1.14. The lowest BCUT2D eigenvalue weighted by atomic mass is 10.0. The molecule has 0 saturated carbocycles. The van der Waals surface area contributed by atoms with Gasteiger partial charge in [0, 0.05) is 32.2 Å². The van der Waals surface area contributed by atoms with Gasteiger partial charge in [-0.3, -0.25) is 9.59 Å². The van der Waals surface area contributed by atoms with Gasteiger partial charge in [0.05, 0.1) is 12.6 Å². The fourth-order valence-electron chi connectivity index (χ4n) is 2.70. The molecule has 1 fully saturated rings. The fraction of sp³-hybridized carbons (Fsp3) is 0.875. The van der Waals surface area contributed by atoms with Gasteiger partial charge in [0.25, 0.3) is 0 Å². The Bertz CT molecular complexity index is 376. The van der Waals surface area contributed by atoms with Crippen LogP contribution >= 0.6 is 0 Å². The summed E-state index contributed by atoms with van der Waals surface area (Å²) in [5.41, 5.74) is 5.77. The third kappa shape index (κ3) is 5.25. The Morgan fingerprint density at radius 1 is 1.23 bits per heavy atom. The van der Waals surface area contributed by atoms with Crippen molar-refractivity contribution in [2.75, 3.05) is 26.7 Å². The molecule has 1 heterocycles. The van der Waals surface area contributed by atoms with Gasteiger partial charge in [-0.1, -0.05) is 13.8 Å². The molecule has 22 heavy (non-hydrogen) atoms. The van der Waals surface area contributed by atoms with E-state index in [1.165, 1.54) is 0 Å². The van der Waals surface area contributed by atoms with Crippen LogP contribution in [0.2, 0.25) is 0 Å². The van der Waals surface area contributed by atoms with Crippen molar-refractivity contribution >= 4 is 11.8 Å². The Morgan fingerprint density at radius 3 is 2.23 bits per heavy atom. The number of nitrogens with zero attached hydrogens (tertiary/aromatic N) is 2. The number of rotatable bonds is 6. The van der Waals surface area contributed by atoms with Gasteiger partial charge < -0.3 is 20.9 Å². The topological polar surface area (TPSA) is 78.7 Å². The molecular weight excluding hydrogens is 280 g/mol. The molecule has 1 saturated heterocycles. The van der Waals surface area contributed by atoms with E-state index in [0.29, 0.717) is 6.04 Å². The number of likely N-dealkylation sites (tertiary alicyclic amines) is 1. The fourth-order valence-corrected chi connectivity index (χ4v) is 2.70. The third-order valence-electron chi connectivity index (χ3n) is 4.61. The molecule has 0 aromatic rings. The number of nitrogens with two attached hydrogens (primary N) is 1. The number of hydrogen-bond acceptors (Lipinski definition) is 4. The van der Waals surface area contributed by atoms with Crippen molar-refractivity contribution in [3.63, 3.8) is 0 Å². The lowest BCUT2D eigenvalue weighted by Gasteiger charge is -2.38. The highest BCUT2D eigenvalue weighted by atomic mass is 16.2. The maximum absolute atomic E-state index is 12.2. The second-order valence-corrected chi connectivity index (χ2v) is 6.85. The van der Waals surface area contributed by atoms with E-state index in [0.717, 1.165) is 25.9 Å². The maximum Gasteiger partial charge on any atom is 0.241 e. The summed E-state index contributed by atoms with van der Waals surface area (Å²) < 4.78 is 0. The Morgan fingerprint density at radius 2 is 1.77 bits per heavy atom. The van der Waals surface area contributed by atoms with E-state index in [-0.39, 0.29) is 30.3 Å². The lowest BCUT2D eigenvalue weighted by molar-refractivity contribution is -0.134. The molecule has 0 aromatic carbocycles. The summed E-state index contributed by atoms with van der Waals surface area (Å²) in [5.74, 6) is -0.244. The van der Waals surface area contributed by atoms with Gasteiger partial charge in [-0.05, 0) is 32.6 Å². The monoisotopic (exact) mass is 312 g/mol. The van der Waals surface area contributed by atoms with Crippen LogP contribution in [0.1, 0.15) is 40.5 Å². The van der Waals surface area contributed by atoms with Crippen LogP contribution in [0.25, 0.3) is 0 Å². The van der Waals surface area contributed by atoms with Crippen molar-refractivity contribution in [1.29, 1.82) is 0 Å². The first-order chi connectivity index (χ1) is 10.2. The largest absolute Gasteiger partial charge is 0.346 e. The van der Waals surface area contributed by atoms with E-state index in [1.807, 2.05) is 20.9 Å². The minimum Gasteiger partial charge on any atom is -0.346 e. The molecular formula is C16H32N4O2. The minimum absolute atomic E-state index is 0.0279. The number of carbonyl (C=O) groups excluding carboxylic acids is 2. The lowest BCUT2D eigenvalue weighted by Crippen LogP contribution is -2.51. The van der Waals surface area contributed by atoms with Crippen LogP contribution in [-0.4, -0.2) is 66.4 Å². The SMILES string of the molecule is CC(C)[C@H](N)C(=O)NCC(=O)N(C)C1CCN(C(C)C)CC1. The number of piperidine rings is 1. The van der Waals surface area contributed by atoms with Gasteiger partial charge in [0.2, 0.25) is 11.8 Å². The zero-order chi connectivity index (χ0) is 16.9. The molecule has 0 aliphatic carbocycles. The van der Waals surface area contributed by atoms with Gasteiger partial charge in [0.15, 0.2) is 0 Å². The van der Waals surface area contributed by atoms with Crippen LogP contribution in [0, 0.1) is 5.92 Å². The molecule has 3 N–H and O–H groups in total. The summed E-state index contributed by atoms with van der Waals surface area (Å²) in [7, 11) is 1.83. The van der Waals surface area contributed by atoms with Crippen molar-refractivity contribution in [3.05, 3.63) is 0 Å². The predicted molar refractivity (Wildman–Crippen MR) is 88.3 cm³/mol. The predicted octanol–water partition coefficient (Wildman–Crippen LogP) is 0.417. The Labute approximate surface area is 134 Å². The number of carbonyl (C=O) groups is 2. The average molecular weight is 312 g/mol. The molecule has 1 aliphatic heterocycles. The third-order valence-corrected chi connectivity index (χ3v) is 4.61. The number of nitrogens with one attached hydrogen (secondary N) is 1. The Kier molecular flexibility index (Phi) is 7.29.